The number of allylic oxidation sites excluding steroid dienone is 1. The monoisotopic (exact) mass is 315 g/mol. The second-order valence-corrected chi connectivity index (χ2v) is 5.52. The molecule has 0 saturated carbocycles. The summed E-state index contributed by atoms with van der Waals surface area (Å²) in [5.41, 5.74) is 4.03. The summed E-state index contributed by atoms with van der Waals surface area (Å²) in [6, 6.07) is 6.12. The Morgan fingerprint density at radius 2 is 2.04 bits per heavy atom. The third kappa shape index (κ3) is 4.52. The molecule has 2 aromatic rings. The zero-order chi connectivity index (χ0) is 16.8. The number of aryl methyl sites for hydroxylation is 1. The number of nitrogens with zero attached hydrogens (tertiary/aromatic N) is 2. The molecule has 2 rings (SSSR count). The van der Waals surface area contributed by atoms with Crippen LogP contribution in [0.1, 0.15) is 28.9 Å². The minimum absolute atomic E-state index is 0.0235. The van der Waals surface area contributed by atoms with Crippen molar-refractivity contribution in [1.82, 2.24) is 15.1 Å². The van der Waals surface area contributed by atoms with Crippen LogP contribution in [0.25, 0.3) is 0 Å². The Bertz CT molecular complexity index is 689. The van der Waals surface area contributed by atoms with E-state index in [2.05, 4.69) is 17.0 Å². The average Bonchev–Trinajstić information content (AvgIpc) is 2.79. The van der Waals surface area contributed by atoms with E-state index in [1.165, 1.54) is 12.1 Å². The van der Waals surface area contributed by atoms with Gasteiger partial charge in [-0.2, -0.15) is 5.10 Å². The van der Waals surface area contributed by atoms with Crippen molar-refractivity contribution >= 4 is 5.91 Å². The summed E-state index contributed by atoms with van der Waals surface area (Å²) in [7, 11) is 0. The standard InChI is InChI=1S/C18H22FN3O/c1-4-11-22-14(3)17(13(2)21-22)9-10-18(23)20-12-15-5-7-16(19)8-6-15/h4-8H,1,9-12H2,2-3H3,(H,20,23). The van der Waals surface area contributed by atoms with Crippen LogP contribution in [-0.4, -0.2) is 15.7 Å². The Hall–Kier alpha value is -2.43. The van der Waals surface area contributed by atoms with Crippen molar-refractivity contribution in [3.8, 4) is 0 Å². The van der Waals surface area contributed by atoms with E-state index in [0.29, 0.717) is 25.9 Å². The first-order valence-electron chi connectivity index (χ1n) is 7.66. The van der Waals surface area contributed by atoms with Crippen molar-refractivity contribution in [2.45, 2.75) is 39.8 Å². The van der Waals surface area contributed by atoms with Crippen LogP contribution in [0.2, 0.25) is 0 Å². The summed E-state index contributed by atoms with van der Waals surface area (Å²) < 4.78 is 14.7. The Labute approximate surface area is 136 Å². The molecule has 1 aromatic carbocycles. The van der Waals surface area contributed by atoms with Crippen molar-refractivity contribution < 1.29 is 9.18 Å². The molecule has 1 N–H and O–H groups in total. The number of carbonyl (C=O) groups is 1. The molecule has 1 amide bonds. The maximum Gasteiger partial charge on any atom is 0.220 e. The Balaban J connectivity index is 1.87. The van der Waals surface area contributed by atoms with Crippen LogP contribution in [0.3, 0.4) is 0 Å². The molecule has 23 heavy (non-hydrogen) atoms. The summed E-state index contributed by atoms with van der Waals surface area (Å²) in [5.74, 6) is -0.299. The first-order chi connectivity index (χ1) is 11.0. The van der Waals surface area contributed by atoms with Crippen LogP contribution >= 0.6 is 0 Å². The van der Waals surface area contributed by atoms with E-state index in [1.54, 1.807) is 18.2 Å². The lowest BCUT2D eigenvalue weighted by molar-refractivity contribution is -0.121. The van der Waals surface area contributed by atoms with Crippen molar-refractivity contribution in [3.05, 3.63) is 65.3 Å². The molecule has 0 aliphatic carbocycles. The molecule has 0 aliphatic rings. The SMILES string of the molecule is C=CCn1nc(C)c(CCC(=O)NCc2ccc(F)cc2)c1C. The molecule has 0 atom stereocenters. The molecule has 0 fully saturated rings. The van der Waals surface area contributed by atoms with Gasteiger partial charge in [-0.15, -0.1) is 6.58 Å². The van der Waals surface area contributed by atoms with Gasteiger partial charge in [0.1, 0.15) is 5.82 Å². The van der Waals surface area contributed by atoms with Crippen molar-refractivity contribution in [3.63, 3.8) is 0 Å². The predicted molar refractivity (Wildman–Crippen MR) is 88.5 cm³/mol. The fourth-order valence-corrected chi connectivity index (χ4v) is 2.53. The van der Waals surface area contributed by atoms with E-state index >= 15 is 0 Å². The molecule has 0 bridgehead atoms. The molecule has 1 heterocycles. The second kappa shape index (κ2) is 7.72. The van der Waals surface area contributed by atoms with Gasteiger partial charge >= 0.3 is 0 Å². The maximum atomic E-state index is 12.8. The lowest BCUT2D eigenvalue weighted by Gasteiger charge is -2.06. The summed E-state index contributed by atoms with van der Waals surface area (Å²) in [4.78, 5) is 12.0. The fraction of sp³-hybridized carbons (Fsp3) is 0.333. The Morgan fingerprint density at radius 1 is 1.35 bits per heavy atom. The van der Waals surface area contributed by atoms with E-state index < -0.39 is 0 Å². The molecule has 0 saturated heterocycles. The largest absolute Gasteiger partial charge is 0.352 e. The molecule has 0 spiro atoms. The number of benzene rings is 1. The summed E-state index contributed by atoms with van der Waals surface area (Å²) >= 11 is 0. The van der Waals surface area contributed by atoms with Crippen LogP contribution in [0, 0.1) is 19.7 Å². The molecule has 0 radical (unpaired) electrons. The van der Waals surface area contributed by atoms with Gasteiger partial charge in [0.25, 0.3) is 0 Å². The third-order valence-corrected chi connectivity index (χ3v) is 3.84. The summed E-state index contributed by atoms with van der Waals surface area (Å²) in [5, 5.41) is 7.31. The minimum atomic E-state index is -0.275. The Kier molecular flexibility index (Phi) is 5.68. The second-order valence-electron chi connectivity index (χ2n) is 5.52. The van der Waals surface area contributed by atoms with Crippen LogP contribution in [-0.2, 0) is 24.3 Å². The van der Waals surface area contributed by atoms with Gasteiger partial charge in [-0.1, -0.05) is 18.2 Å². The van der Waals surface area contributed by atoms with Crippen LogP contribution in [0.5, 0.6) is 0 Å². The van der Waals surface area contributed by atoms with Gasteiger partial charge in [0.05, 0.1) is 12.2 Å². The fourth-order valence-electron chi connectivity index (χ4n) is 2.53. The smallest absolute Gasteiger partial charge is 0.220 e. The molecular weight excluding hydrogens is 293 g/mol. The zero-order valence-corrected chi connectivity index (χ0v) is 13.6. The lowest BCUT2D eigenvalue weighted by Crippen LogP contribution is -2.23. The van der Waals surface area contributed by atoms with Gasteiger partial charge in [0.15, 0.2) is 0 Å². The first-order valence-corrected chi connectivity index (χ1v) is 7.66. The van der Waals surface area contributed by atoms with Crippen molar-refractivity contribution in [2.24, 2.45) is 0 Å². The summed E-state index contributed by atoms with van der Waals surface area (Å²) in [6.07, 6.45) is 2.87. The number of aromatic nitrogens is 2. The quantitative estimate of drug-likeness (QED) is 0.798. The third-order valence-electron chi connectivity index (χ3n) is 3.84. The van der Waals surface area contributed by atoms with E-state index in [0.717, 1.165) is 22.5 Å². The highest BCUT2D eigenvalue weighted by Crippen LogP contribution is 2.15. The number of rotatable bonds is 7. The van der Waals surface area contributed by atoms with Crippen LogP contribution < -0.4 is 5.32 Å². The molecule has 5 heteroatoms. The number of nitrogens with one attached hydrogen (secondary N) is 1. The van der Waals surface area contributed by atoms with Crippen LogP contribution in [0.15, 0.2) is 36.9 Å². The Morgan fingerprint density at radius 3 is 2.70 bits per heavy atom. The highest BCUT2D eigenvalue weighted by Gasteiger charge is 2.12. The van der Waals surface area contributed by atoms with Gasteiger partial charge in [-0.3, -0.25) is 9.48 Å². The summed E-state index contributed by atoms with van der Waals surface area (Å²) in [6.45, 7) is 8.77. The molecule has 0 aliphatic heterocycles. The van der Waals surface area contributed by atoms with E-state index in [1.807, 2.05) is 18.5 Å². The van der Waals surface area contributed by atoms with E-state index in [4.69, 9.17) is 0 Å². The van der Waals surface area contributed by atoms with Crippen molar-refractivity contribution in [2.75, 3.05) is 0 Å². The topological polar surface area (TPSA) is 46.9 Å². The minimum Gasteiger partial charge on any atom is -0.352 e. The normalized spacial score (nSPS) is 10.6. The van der Waals surface area contributed by atoms with Gasteiger partial charge in [-0.05, 0) is 43.5 Å². The average molecular weight is 315 g/mol. The van der Waals surface area contributed by atoms with E-state index in [9.17, 15) is 9.18 Å². The first kappa shape index (κ1) is 16.9. The molecule has 0 unspecified atom stereocenters. The van der Waals surface area contributed by atoms with Crippen molar-refractivity contribution in [1.29, 1.82) is 0 Å². The zero-order valence-electron chi connectivity index (χ0n) is 13.6. The number of amides is 1. The molecular formula is C18H22FN3O. The van der Waals surface area contributed by atoms with Crippen LogP contribution in [0.4, 0.5) is 4.39 Å². The maximum absolute atomic E-state index is 12.8. The predicted octanol–water partition coefficient (Wildman–Crippen LogP) is 3.07. The van der Waals surface area contributed by atoms with Gasteiger partial charge < -0.3 is 5.32 Å². The van der Waals surface area contributed by atoms with Gasteiger partial charge in [0, 0.05) is 18.7 Å². The number of halogens is 1. The van der Waals surface area contributed by atoms with Gasteiger partial charge in [-0.25, -0.2) is 4.39 Å². The highest BCUT2D eigenvalue weighted by molar-refractivity contribution is 5.76. The van der Waals surface area contributed by atoms with Gasteiger partial charge in [0.2, 0.25) is 5.91 Å². The lowest BCUT2D eigenvalue weighted by atomic mass is 10.1. The number of carbonyl (C=O) groups excluding carboxylic acids is 1. The molecule has 122 valence electrons. The van der Waals surface area contributed by atoms with E-state index in [-0.39, 0.29) is 11.7 Å². The molecule has 1 aromatic heterocycles. The highest BCUT2D eigenvalue weighted by atomic mass is 19.1. The number of hydrogen-bond acceptors (Lipinski definition) is 2. The molecule has 4 nitrogen and oxygen atoms in total. The number of hydrogen-bond donors (Lipinski definition) is 1.